The molecule has 1 aromatic carbocycles. The minimum Gasteiger partial charge on any atom is -0.508 e. The predicted molar refractivity (Wildman–Crippen MR) is 90.8 cm³/mol. The second kappa shape index (κ2) is 8.45. The molecule has 1 amide bonds. The van der Waals surface area contributed by atoms with Crippen molar-refractivity contribution in [2.75, 3.05) is 19.4 Å². The van der Waals surface area contributed by atoms with Gasteiger partial charge >= 0.3 is 0 Å². The molecule has 23 heavy (non-hydrogen) atoms. The van der Waals surface area contributed by atoms with Crippen LogP contribution in [0.4, 0.5) is 0 Å². The number of rotatable bonds is 8. The van der Waals surface area contributed by atoms with Crippen molar-refractivity contribution < 1.29 is 18.3 Å². The maximum Gasteiger partial charge on any atom is 0.219 e. The molecule has 0 radical (unpaired) electrons. The van der Waals surface area contributed by atoms with Crippen LogP contribution in [0, 0.1) is 0 Å². The van der Waals surface area contributed by atoms with Gasteiger partial charge in [0.05, 0.1) is 6.61 Å². The zero-order valence-electron chi connectivity index (χ0n) is 13.8. The van der Waals surface area contributed by atoms with Crippen molar-refractivity contribution in [1.29, 1.82) is 0 Å². The Morgan fingerprint density at radius 2 is 2.26 bits per heavy atom. The summed E-state index contributed by atoms with van der Waals surface area (Å²) in [4.78, 5) is 11.4. The molecule has 1 aromatic rings. The van der Waals surface area contributed by atoms with Gasteiger partial charge in [-0.1, -0.05) is 13.0 Å². The van der Waals surface area contributed by atoms with Gasteiger partial charge in [-0.15, -0.1) is 0 Å². The molecule has 2 atom stereocenters. The fourth-order valence-corrected chi connectivity index (χ4v) is 3.54. The van der Waals surface area contributed by atoms with E-state index in [9.17, 15) is 14.1 Å². The van der Waals surface area contributed by atoms with Crippen LogP contribution in [-0.4, -0.2) is 34.6 Å². The number of fused-ring (bicyclic) bond motifs is 1. The minimum absolute atomic E-state index is 0.0678. The molecule has 0 saturated heterocycles. The first-order chi connectivity index (χ1) is 11.0. The Kier molecular flexibility index (Phi) is 6.59. The van der Waals surface area contributed by atoms with Gasteiger partial charge in [0, 0.05) is 25.6 Å². The third-order valence-corrected chi connectivity index (χ3v) is 4.83. The lowest BCUT2D eigenvalue weighted by Crippen LogP contribution is -2.24. The number of nitrogens with one attached hydrogen (secondary N) is 1. The molecule has 0 aliphatic heterocycles. The molecule has 0 fully saturated rings. The van der Waals surface area contributed by atoms with E-state index in [0.717, 1.165) is 24.8 Å². The van der Waals surface area contributed by atoms with Gasteiger partial charge in [-0.05, 0) is 47.9 Å². The third kappa shape index (κ3) is 4.78. The minimum atomic E-state index is -1.29. The lowest BCUT2D eigenvalue weighted by molar-refractivity contribution is -0.120. The highest BCUT2D eigenvalue weighted by molar-refractivity contribution is 7.79. The van der Waals surface area contributed by atoms with E-state index in [4.69, 9.17) is 4.18 Å². The number of carbonyl (C=O) groups excluding carboxylic acids is 1. The second-order valence-electron chi connectivity index (χ2n) is 5.84. The lowest BCUT2D eigenvalue weighted by atomic mass is 9.91. The topological polar surface area (TPSA) is 75.6 Å². The highest BCUT2D eigenvalue weighted by atomic mass is 32.2. The van der Waals surface area contributed by atoms with E-state index in [0.29, 0.717) is 31.9 Å². The van der Waals surface area contributed by atoms with Crippen LogP contribution in [0.15, 0.2) is 12.1 Å². The number of hydrogen-bond donors (Lipinski definition) is 2. The van der Waals surface area contributed by atoms with Crippen LogP contribution in [0.5, 0.6) is 5.75 Å². The van der Waals surface area contributed by atoms with Crippen LogP contribution in [0.25, 0.3) is 0 Å². The van der Waals surface area contributed by atoms with Crippen LogP contribution in [0.2, 0.25) is 0 Å². The molecule has 0 saturated carbocycles. The summed E-state index contributed by atoms with van der Waals surface area (Å²) in [5, 5.41) is 13.1. The van der Waals surface area contributed by atoms with Gasteiger partial charge in [0.25, 0.3) is 0 Å². The van der Waals surface area contributed by atoms with Crippen LogP contribution in [0.1, 0.15) is 48.8 Å². The Bertz CT molecular complexity index is 588. The summed E-state index contributed by atoms with van der Waals surface area (Å²) in [7, 11) is 0. The molecule has 2 N–H and O–H groups in total. The molecule has 128 valence electrons. The summed E-state index contributed by atoms with van der Waals surface area (Å²) in [5.74, 6) is 0.688. The predicted octanol–water partition coefficient (Wildman–Crippen LogP) is 2.19. The number of amides is 1. The Balaban J connectivity index is 2.07. The van der Waals surface area contributed by atoms with E-state index in [2.05, 4.69) is 5.32 Å². The Labute approximate surface area is 140 Å². The van der Waals surface area contributed by atoms with E-state index < -0.39 is 11.1 Å². The summed E-state index contributed by atoms with van der Waals surface area (Å²) in [6, 6.07) is 3.72. The van der Waals surface area contributed by atoms with Crippen LogP contribution >= 0.6 is 0 Å². The van der Waals surface area contributed by atoms with E-state index in [1.54, 1.807) is 6.07 Å². The number of carbonyl (C=O) groups is 1. The first-order valence-corrected chi connectivity index (χ1v) is 9.58. The zero-order chi connectivity index (χ0) is 16.8. The van der Waals surface area contributed by atoms with E-state index in [-0.39, 0.29) is 11.7 Å². The average molecular weight is 339 g/mol. The summed E-state index contributed by atoms with van der Waals surface area (Å²) in [6.45, 7) is 2.82. The Morgan fingerprint density at radius 1 is 1.48 bits per heavy atom. The molecule has 0 heterocycles. The van der Waals surface area contributed by atoms with Crippen molar-refractivity contribution in [2.24, 2.45) is 0 Å². The van der Waals surface area contributed by atoms with Crippen molar-refractivity contribution >= 4 is 17.0 Å². The molecular formula is C17H25NO4S. The lowest BCUT2D eigenvalue weighted by Gasteiger charge is -2.17. The highest BCUT2D eigenvalue weighted by Gasteiger charge is 2.26. The fourth-order valence-electron chi connectivity index (χ4n) is 3.23. The normalized spacial score (nSPS) is 17.7. The number of aromatic hydroxyl groups is 1. The van der Waals surface area contributed by atoms with E-state index in [1.165, 1.54) is 17.4 Å². The molecule has 1 aliphatic rings. The Morgan fingerprint density at radius 3 is 2.96 bits per heavy atom. The maximum atomic E-state index is 11.4. The summed E-state index contributed by atoms with van der Waals surface area (Å²) >= 11 is -1.29. The van der Waals surface area contributed by atoms with E-state index in [1.807, 2.05) is 13.0 Å². The maximum absolute atomic E-state index is 11.4. The van der Waals surface area contributed by atoms with Gasteiger partial charge in [-0.3, -0.25) is 8.98 Å². The van der Waals surface area contributed by atoms with Gasteiger partial charge in [-0.2, -0.15) is 0 Å². The number of phenols is 1. The molecule has 0 aromatic heterocycles. The third-order valence-electron chi connectivity index (χ3n) is 4.33. The first-order valence-electron chi connectivity index (χ1n) is 8.10. The van der Waals surface area contributed by atoms with Crippen molar-refractivity contribution in [2.45, 2.75) is 44.9 Å². The monoisotopic (exact) mass is 339 g/mol. The van der Waals surface area contributed by atoms with Gasteiger partial charge in [-0.25, -0.2) is 4.21 Å². The van der Waals surface area contributed by atoms with Crippen molar-refractivity contribution in [3.05, 3.63) is 28.8 Å². The average Bonchev–Trinajstić information content (AvgIpc) is 2.92. The quantitative estimate of drug-likeness (QED) is 0.761. The summed E-state index contributed by atoms with van der Waals surface area (Å²) in [6.07, 6.45) is 5.44. The molecule has 0 spiro atoms. The van der Waals surface area contributed by atoms with Crippen molar-refractivity contribution in [3.63, 3.8) is 0 Å². The number of aryl methyl sites for hydroxylation is 1. The zero-order valence-corrected chi connectivity index (χ0v) is 14.6. The smallest absolute Gasteiger partial charge is 0.219 e. The Hall–Kier alpha value is -1.40. The molecule has 0 bridgehead atoms. The molecule has 2 rings (SSSR count). The van der Waals surface area contributed by atoms with E-state index >= 15 is 0 Å². The summed E-state index contributed by atoms with van der Waals surface area (Å²) < 4.78 is 16.2. The van der Waals surface area contributed by atoms with Crippen molar-refractivity contribution in [1.82, 2.24) is 5.32 Å². The van der Waals surface area contributed by atoms with Crippen LogP contribution < -0.4 is 5.32 Å². The number of benzene rings is 1. The van der Waals surface area contributed by atoms with Crippen LogP contribution in [-0.2, 0) is 32.9 Å². The highest BCUT2D eigenvalue weighted by Crippen LogP contribution is 2.41. The molecule has 6 heteroatoms. The van der Waals surface area contributed by atoms with Gasteiger partial charge < -0.3 is 10.4 Å². The fraction of sp³-hybridized carbons (Fsp3) is 0.588. The standard InChI is InChI=1S/C17H25NO4S/c1-3-16(20)18-10-8-13-5-4-12-6-7-15(19)14(17(12)13)9-11-22-23(2)21/h6-7,13,19H,3-5,8-11H2,1-2H3,(H,18,20)/t13-,23?/m0/s1. The summed E-state index contributed by atoms with van der Waals surface area (Å²) in [5.41, 5.74) is 3.36. The van der Waals surface area contributed by atoms with Gasteiger partial charge in [0.15, 0.2) is 11.1 Å². The second-order valence-corrected chi connectivity index (χ2v) is 6.88. The SMILES string of the molecule is CCC(=O)NCC[C@@H]1CCc2ccc(O)c(CCOS(C)=O)c21. The molecule has 5 nitrogen and oxygen atoms in total. The number of hydrogen-bond acceptors (Lipinski definition) is 4. The van der Waals surface area contributed by atoms with Crippen molar-refractivity contribution in [3.8, 4) is 5.75 Å². The molecule has 1 aliphatic carbocycles. The van der Waals surface area contributed by atoms with Gasteiger partial charge in [0.1, 0.15) is 5.75 Å². The van der Waals surface area contributed by atoms with Gasteiger partial charge in [0.2, 0.25) is 5.91 Å². The van der Waals surface area contributed by atoms with Crippen LogP contribution in [0.3, 0.4) is 0 Å². The molecule has 1 unspecified atom stereocenters. The number of phenolic OH excluding ortho intramolecular Hbond substituents is 1. The first kappa shape index (κ1) is 17.9. The molecular weight excluding hydrogens is 314 g/mol. The largest absolute Gasteiger partial charge is 0.508 e.